The van der Waals surface area contributed by atoms with Crippen molar-refractivity contribution < 1.29 is 23.7 Å². The first-order chi connectivity index (χ1) is 17.6. The van der Waals surface area contributed by atoms with Gasteiger partial charge in [-0.15, -0.1) is 0 Å². The molecule has 0 atom stereocenters. The molecule has 36 heavy (non-hydrogen) atoms. The van der Waals surface area contributed by atoms with Crippen molar-refractivity contribution in [1.29, 1.82) is 0 Å². The maximum Gasteiger partial charge on any atom is 0.253 e. The standard InChI is InChI=1S/C29H32N2O5/c1-3-33-26-11-7-23(17-24(26)19-34-25-8-4-21(2)5-9-25)29(32)31-14-12-30(13-15-31)18-22-6-10-27-28(16-22)36-20-35-27/h4-11,16-17H,3,12-15,18-20H2,1-2H3. The summed E-state index contributed by atoms with van der Waals surface area (Å²) < 4.78 is 22.7. The minimum absolute atomic E-state index is 0.0392. The molecule has 0 spiro atoms. The summed E-state index contributed by atoms with van der Waals surface area (Å²) in [6, 6.07) is 19.6. The largest absolute Gasteiger partial charge is 0.493 e. The summed E-state index contributed by atoms with van der Waals surface area (Å²) in [4.78, 5) is 17.6. The van der Waals surface area contributed by atoms with Crippen LogP contribution in [0.4, 0.5) is 0 Å². The summed E-state index contributed by atoms with van der Waals surface area (Å²) in [5, 5.41) is 0. The molecule has 1 fully saturated rings. The van der Waals surface area contributed by atoms with E-state index in [0.29, 0.717) is 31.9 Å². The van der Waals surface area contributed by atoms with Crippen LogP contribution < -0.4 is 18.9 Å². The van der Waals surface area contributed by atoms with Crippen LogP contribution in [0, 0.1) is 6.92 Å². The highest BCUT2D eigenvalue weighted by Crippen LogP contribution is 2.33. The highest BCUT2D eigenvalue weighted by atomic mass is 16.7. The highest BCUT2D eigenvalue weighted by Gasteiger charge is 2.24. The summed E-state index contributed by atoms with van der Waals surface area (Å²) in [7, 11) is 0. The van der Waals surface area contributed by atoms with E-state index in [2.05, 4.69) is 11.0 Å². The number of aryl methyl sites for hydroxylation is 1. The lowest BCUT2D eigenvalue weighted by atomic mass is 10.1. The molecule has 1 amide bonds. The molecule has 2 heterocycles. The van der Waals surface area contributed by atoms with Gasteiger partial charge in [0.25, 0.3) is 5.91 Å². The monoisotopic (exact) mass is 488 g/mol. The predicted molar refractivity (Wildman–Crippen MR) is 137 cm³/mol. The predicted octanol–water partition coefficient (Wildman–Crippen LogP) is 4.66. The Balaban J connectivity index is 1.20. The number of nitrogens with zero attached hydrogens (tertiary/aromatic N) is 2. The Labute approximate surface area is 212 Å². The second-order valence-corrected chi connectivity index (χ2v) is 9.11. The van der Waals surface area contributed by atoms with Crippen LogP contribution in [-0.2, 0) is 13.2 Å². The molecule has 3 aromatic rings. The zero-order valence-electron chi connectivity index (χ0n) is 20.9. The van der Waals surface area contributed by atoms with E-state index in [4.69, 9.17) is 18.9 Å². The molecule has 7 heteroatoms. The van der Waals surface area contributed by atoms with Crippen LogP contribution in [0.3, 0.4) is 0 Å². The third-order valence-electron chi connectivity index (χ3n) is 6.53. The van der Waals surface area contributed by atoms with E-state index in [1.54, 1.807) is 0 Å². The smallest absolute Gasteiger partial charge is 0.253 e. The van der Waals surface area contributed by atoms with Crippen LogP contribution in [0.5, 0.6) is 23.0 Å². The van der Waals surface area contributed by atoms with Gasteiger partial charge in [0.1, 0.15) is 18.1 Å². The lowest BCUT2D eigenvalue weighted by molar-refractivity contribution is 0.0628. The topological polar surface area (TPSA) is 60.5 Å². The maximum atomic E-state index is 13.3. The molecule has 0 aliphatic carbocycles. The molecule has 0 N–H and O–H groups in total. The second-order valence-electron chi connectivity index (χ2n) is 9.11. The summed E-state index contributed by atoms with van der Waals surface area (Å²) in [6.45, 7) is 9.00. The quantitative estimate of drug-likeness (QED) is 0.460. The molecule has 5 rings (SSSR count). The van der Waals surface area contributed by atoms with Crippen molar-refractivity contribution in [3.63, 3.8) is 0 Å². The van der Waals surface area contributed by atoms with Gasteiger partial charge in [-0.2, -0.15) is 0 Å². The van der Waals surface area contributed by atoms with E-state index in [9.17, 15) is 4.79 Å². The number of benzene rings is 3. The van der Waals surface area contributed by atoms with Gasteiger partial charge in [0.05, 0.1) is 6.61 Å². The molecule has 188 valence electrons. The SMILES string of the molecule is CCOc1ccc(C(=O)N2CCN(Cc3ccc4c(c3)OCO4)CC2)cc1COc1ccc(C)cc1. The Kier molecular flexibility index (Phi) is 7.28. The van der Waals surface area contributed by atoms with Crippen LogP contribution in [0.1, 0.15) is 34.0 Å². The van der Waals surface area contributed by atoms with Crippen LogP contribution in [0.15, 0.2) is 60.7 Å². The number of rotatable bonds is 8. The Morgan fingerprint density at radius 3 is 2.44 bits per heavy atom. The molecule has 2 aliphatic heterocycles. The van der Waals surface area contributed by atoms with Crippen LogP contribution >= 0.6 is 0 Å². The first kappa shape index (κ1) is 24.0. The van der Waals surface area contributed by atoms with Crippen molar-refractivity contribution in [3.05, 3.63) is 82.9 Å². The normalized spacial score (nSPS) is 15.1. The zero-order valence-corrected chi connectivity index (χ0v) is 20.9. The Morgan fingerprint density at radius 1 is 0.889 bits per heavy atom. The van der Waals surface area contributed by atoms with Gasteiger partial charge in [0.15, 0.2) is 11.5 Å². The van der Waals surface area contributed by atoms with Gasteiger partial charge in [-0.05, 0) is 61.9 Å². The highest BCUT2D eigenvalue weighted by molar-refractivity contribution is 5.94. The van der Waals surface area contributed by atoms with E-state index >= 15 is 0 Å². The number of ether oxygens (including phenoxy) is 4. The van der Waals surface area contributed by atoms with Gasteiger partial charge in [-0.3, -0.25) is 9.69 Å². The molecule has 0 unspecified atom stereocenters. The van der Waals surface area contributed by atoms with Crippen molar-refractivity contribution in [2.75, 3.05) is 39.6 Å². The van der Waals surface area contributed by atoms with Crippen molar-refractivity contribution in [3.8, 4) is 23.0 Å². The fourth-order valence-electron chi connectivity index (χ4n) is 4.51. The van der Waals surface area contributed by atoms with E-state index in [1.165, 1.54) is 11.1 Å². The molecular weight excluding hydrogens is 456 g/mol. The van der Waals surface area contributed by atoms with Crippen LogP contribution in [-0.4, -0.2) is 55.3 Å². The molecule has 0 radical (unpaired) electrons. The number of fused-ring (bicyclic) bond motifs is 1. The minimum atomic E-state index is 0.0392. The maximum absolute atomic E-state index is 13.3. The number of carbonyl (C=O) groups is 1. The average molecular weight is 489 g/mol. The van der Waals surface area contributed by atoms with Gasteiger partial charge in [0.2, 0.25) is 6.79 Å². The van der Waals surface area contributed by atoms with E-state index in [-0.39, 0.29) is 12.7 Å². The lowest BCUT2D eigenvalue weighted by Gasteiger charge is -2.35. The van der Waals surface area contributed by atoms with Gasteiger partial charge < -0.3 is 23.8 Å². The van der Waals surface area contributed by atoms with Crippen molar-refractivity contribution >= 4 is 5.91 Å². The number of hydrogen-bond donors (Lipinski definition) is 0. The third kappa shape index (κ3) is 5.57. The molecule has 0 aromatic heterocycles. The van der Waals surface area contributed by atoms with Gasteiger partial charge in [-0.1, -0.05) is 23.8 Å². The average Bonchev–Trinajstić information content (AvgIpc) is 3.37. The summed E-state index contributed by atoms with van der Waals surface area (Å²) in [5.41, 5.74) is 3.89. The fraction of sp³-hybridized carbons (Fsp3) is 0.345. The lowest BCUT2D eigenvalue weighted by Crippen LogP contribution is -2.48. The van der Waals surface area contributed by atoms with Gasteiger partial charge >= 0.3 is 0 Å². The van der Waals surface area contributed by atoms with Gasteiger partial charge in [-0.25, -0.2) is 0 Å². The summed E-state index contributed by atoms with van der Waals surface area (Å²) in [6.07, 6.45) is 0. The minimum Gasteiger partial charge on any atom is -0.493 e. The number of hydrogen-bond acceptors (Lipinski definition) is 6. The van der Waals surface area contributed by atoms with E-state index < -0.39 is 0 Å². The van der Waals surface area contributed by atoms with Crippen LogP contribution in [0.2, 0.25) is 0 Å². The first-order valence-corrected chi connectivity index (χ1v) is 12.4. The van der Waals surface area contributed by atoms with E-state index in [1.807, 2.05) is 73.3 Å². The molecule has 3 aromatic carbocycles. The van der Waals surface area contributed by atoms with Crippen molar-refractivity contribution in [1.82, 2.24) is 9.80 Å². The fourth-order valence-corrected chi connectivity index (χ4v) is 4.51. The Morgan fingerprint density at radius 2 is 1.67 bits per heavy atom. The number of piperazine rings is 1. The van der Waals surface area contributed by atoms with Crippen molar-refractivity contribution in [2.45, 2.75) is 27.0 Å². The first-order valence-electron chi connectivity index (χ1n) is 12.4. The molecule has 0 bridgehead atoms. The van der Waals surface area contributed by atoms with E-state index in [0.717, 1.165) is 48.2 Å². The summed E-state index contributed by atoms with van der Waals surface area (Å²) in [5.74, 6) is 3.18. The second kappa shape index (κ2) is 10.9. The third-order valence-corrected chi connectivity index (χ3v) is 6.53. The molecule has 1 saturated heterocycles. The number of carbonyl (C=O) groups excluding carboxylic acids is 1. The molecule has 7 nitrogen and oxygen atoms in total. The van der Waals surface area contributed by atoms with Crippen molar-refractivity contribution in [2.24, 2.45) is 0 Å². The van der Waals surface area contributed by atoms with Crippen LogP contribution in [0.25, 0.3) is 0 Å². The number of amides is 1. The Hall–Kier alpha value is -3.71. The molecule has 2 aliphatic rings. The zero-order chi connectivity index (χ0) is 24.9. The molecule has 0 saturated carbocycles. The molecular formula is C29H32N2O5. The summed E-state index contributed by atoms with van der Waals surface area (Å²) >= 11 is 0. The van der Waals surface area contributed by atoms with Gasteiger partial charge in [0, 0.05) is 43.9 Å². The Bertz CT molecular complexity index is 1200.